The standard InChI is InChI=1S/C16H21BrO2S/c1-11-4-3-5-14(8-11)20-10-13-7-6-12(9-15(13)17)16(18)19-2/h6-7,9,11,14H,3-5,8,10H2,1-2H3. The fourth-order valence-electron chi connectivity index (χ4n) is 2.65. The highest BCUT2D eigenvalue weighted by molar-refractivity contribution is 9.10. The zero-order valence-electron chi connectivity index (χ0n) is 12.0. The lowest BCUT2D eigenvalue weighted by molar-refractivity contribution is 0.0600. The van der Waals surface area contributed by atoms with Crippen LogP contribution >= 0.6 is 27.7 Å². The second-order valence-corrected chi connectivity index (χ2v) is 7.65. The normalized spacial score (nSPS) is 22.6. The molecule has 2 unspecified atom stereocenters. The first kappa shape index (κ1) is 15.9. The van der Waals surface area contributed by atoms with Crippen LogP contribution in [0.4, 0.5) is 0 Å². The Bertz CT molecular complexity index is 476. The molecular weight excluding hydrogens is 336 g/mol. The Kier molecular flexibility index (Phi) is 5.97. The van der Waals surface area contributed by atoms with Crippen LogP contribution in [0.15, 0.2) is 22.7 Å². The summed E-state index contributed by atoms with van der Waals surface area (Å²) in [4.78, 5) is 11.5. The molecule has 0 amide bonds. The van der Waals surface area contributed by atoms with Crippen LogP contribution in [0, 0.1) is 5.92 Å². The van der Waals surface area contributed by atoms with E-state index in [0.717, 1.165) is 21.4 Å². The number of carbonyl (C=O) groups is 1. The molecule has 4 heteroatoms. The highest BCUT2D eigenvalue weighted by atomic mass is 79.9. The van der Waals surface area contributed by atoms with Gasteiger partial charge in [0.2, 0.25) is 0 Å². The molecule has 20 heavy (non-hydrogen) atoms. The van der Waals surface area contributed by atoms with Crippen LogP contribution in [-0.2, 0) is 10.5 Å². The van der Waals surface area contributed by atoms with Crippen LogP contribution in [0.2, 0.25) is 0 Å². The first-order valence-electron chi connectivity index (χ1n) is 7.08. The third-order valence-electron chi connectivity index (χ3n) is 3.84. The number of hydrogen-bond donors (Lipinski definition) is 0. The van der Waals surface area contributed by atoms with E-state index in [1.165, 1.54) is 38.4 Å². The maximum absolute atomic E-state index is 11.5. The molecule has 0 bridgehead atoms. The summed E-state index contributed by atoms with van der Waals surface area (Å²) < 4.78 is 5.73. The molecule has 0 aromatic heterocycles. The highest BCUT2D eigenvalue weighted by Crippen LogP contribution is 2.34. The van der Waals surface area contributed by atoms with Crippen molar-refractivity contribution in [2.24, 2.45) is 5.92 Å². The minimum absolute atomic E-state index is 0.286. The zero-order valence-corrected chi connectivity index (χ0v) is 14.4. The summed E-state index contributed by atoms with van der Waals surface area (Å²) in [6, 6.07) is 5.72. The van der Waals surface area contributed by atoms with Gasteiger partial charge in [0.15, 0.2) is 0 Å². The van der Waals surface area contributed by atoms with Gasteiger partial charge < -0.3 is 4.74 Å². The van der Waals surface area contributed by atoms with Gasteiger partial charge in [0.05, 0.1) is 12.7 Å². The minimum Gasteiger partial charge on any atom is -0.465 e. The van der Waals surface area contributed by atoms with Crippen LogP contribution in [-0.4, -0.2) is 18.3 Å². The topological polar surface area (TPSA) is 26.3 Å². The van der Waals surface area contributed by atoms with Crippen molar-refractivity contribution in [1.29, 1.82) is 0 Å². The molecule has 1 aromatic rings. The van der Waals surface area contributed by atoms with E-state index >= 15 is 0 Å². The van der Waals surface area contributed by atoms with E-state index in [-0.39, 0.29) is 5.97 Å². The molecule has 0 spiro atoms. The van der Waals surface area contributed by atoms with E-state index in [1.807, 2.05) is 30.0 Å². The molecule has 1 aliphatic rings. The quantitative estimate of drug-likeness (QED) is 0.706. The van der Waals surface area contributed by atoms with E-state index in [4.69, 9.17) is 4.74 Å². The van der Waals surface area contributed by atoms with Gasteiger partial charge in [-0.2, -0.15) is 11.8 Å². The lowest BCUT2D eigenvalue weighted by Gasteiger charge is -2.26. The van der Waals surface area contributed by atoms with Gasteiger partial charge in [-0.1, -0.05) is 41.8 Å². The predicted octanol–water partition coefficient (Wildman–Crippen LogP) is 5.05. The van der Waals surface area contributed by atoms with E-state index in [9.17, 15) is 4.79 Å². The Labute approximate surface area is 133 Å². The SMILES string of the molecule is COC(=O)c1ccc(CSC2CCCC(C)C2)c(Br)c1. The molecule has 0 heterocycles. The minimum atomic E-state index is -0.286. The molecule has 1 aromatic carbocycles. The highest BCUT2D eigenvalue weighted by Gasteiger charge is 2.19. The predicted molar refractivity (Wildman–Crippen MR) is 88.2 cm³/mol. The number of methoxy groups -OCH3 is 1. The Balaban J connectivity index is 1.94. The molecule has 2 atom stereocenters. The summed E-state index contributed by atoms with van der Waals surface area (Å²) in [5.74, 6) is 1.58. The molecule has 1 aliphatic carbocycles. The van der Waals surface area contributed by atoms with Crippen molar-refractivity contribution in [2.45, 2.75) is 43.6 Å². The van der Waals surface area contributed by atoms with E-state index in [2.05, 4.69) is 22.9 Å². The fourth-order valence-corrected chi connectivity index (χ4v) is 4.82. The van der Waals surface area contributed by atoms with E-state index in [0.29, 0.717) is 5.56 Å². The largest absolute Gasteiger partial charge is 0.465 e. The summed E-state index contributed by atoms with van der Waals surface area (Å²) >= 11 is 5.60. The third kappa shape index (κ3) is 4.26. The maximum Gasteiger partial charge on any atom is 0.337 e. The molecule has 2 rings (SSSR count). The van der Waals surface area contributed by atoms with E-state index < -0.39 is 0 Å². The van der Waals surface area contributed by atoms with Gasteiger partial charge in [0.25, 0.3) is 0 Å². The average molecular weight is 357 g/mol. The van der Waals surface area contributed by atoms with Crippen LogP contribution in [0.3, 0.4) is 0 Å². The number of benzene rings is 1. The molecule has 0 N–H and O–H groups in total. The second-order valence-electron chi connectivity index (χ2n) is 5.50. The van der Waals surface area contributed by atoms with Crippen LogP contribution in [0.5, 0.6) is 0 Å². The number of thioether (sulfide) groups is 1. The molecule has 0 saturated heterocycles. The number of rotatable bonds is 4. The molecule has 1 saturated carbocycles. The van der Waals surface area contributed by atoms with Crippen molar-refractivity contribution in [2.75, 3.05) is 7.11 Å². The number of halogens is 1. The Morgan fingerprint density at radius 1 is 1.45 bits per heavy atom. The second kappa shape index (κ2) is 7.51. The van der Waals surface area contributed by atoms with Crippen molar-refractivity contribution in [3.05, 3.63) is 33.8 Å². The average Bonchev–Trinajstić information content (AvgIpc) is 2.45. The molecule has 1 fully saturated rings. The van der Waals surface area contributed by atoms with Crippen molar-refractivity contribution in [3.8, 4) is 0 Å². The monoisotopic (exact) mass is 356 g/mol. The maximum atomic E-state index is 11.5. The van der Waals surface area contributed by atoms with Crippen molar-refractivity contribution >= 4 is 33.7 Å². The number of carbonyl (C=O) groups excluding carboxylic acids is 1. The van der Waals surface area contributed by atoms with Gasteiger partial charge in [-0.3, -0.25) is 0 Å². The Morgan fingerprint density at radius 2 is 2.25 bits per heavy atom. The van der Waals surface area contributed by atoms with Crippen LogP contribution in [0.25, 0.3) is 0 Å². The number of ether oxygens (including phenoxy) is 1. The Morgan fingerprint density at radius 3 is 2.90 bits per heavy atom. The van der Waals surface area contributed by atoms with Gasteiger partial charge in [0.1, 0.15) is 0 Å². The smallest absolute Gasteiger partial charge is 0.337 e. The summed E-state index contributed by atoms with van der Waals surface area (Å²) in [6.07, 6.45) is 5.42. The van der Waals surface area contributed by atoms with Crippen molar-refractivity contribution in [3.63, 3.8) is 0 Å². The van der Waals surface area contributed by atoms with Crippen molar-refractivity contribution < 1.29 is 9.53 Å². The molecule has 0 aliphatic heterocycles. The lowest BCUT2D eigenvalue weighted by atomic mass is 9.91. The van der Waals surface area contributed by atoms with Gasteiger partial charge in [-0.25, -0.2) is 4.79 Å². The Hall–Kier alpha value is -0.480. The number of esters is 1. The first-order valence-corrected chi connectivity index (χ1v) is 8.92. The number of hydrogen-bond acceptors (Lipinski definition) is 3. The summed E-state index contributed by atoms with van der Waals surface area (Å²) in [5.41, 5.74) is 1.85. The molecular formula is C16H21BrO2S. The van der Waals surface area contributed by atoms with Crippen LogP contribution in [0.1, 0.15) is 48.5 Å². The molecule has 0 radical (unpaired) electrons. The summed E-state index contributed by atoms with van der Waals surface area (Å²) in [7, 11) is 1.41. The van der Waals surface area contributed by atoms with Gasteiger partial charge in [-0.15, -0.1) is 0 Å². The van der Waals surface area contributed by atoms with Crippen LogP contribution < -0.4 is 0 Å². The fraction of sp³-hybridized carbons (Fsp3) is 0.562. The molecule has 110 valence electrons. The van der Waals surface area contributed by atoms with Gasteiger partial charge in [0, 0.05) is 15.5 Å². The van der Waals surface area contributed by atoms with Crippen molar-refractivity contribution in [1.82, 2.24) is 0 Å². The zero-order chi connectivity index (χ0) is 14.5. The lowest BCUT2D eigenvalue weighted by Crippen LogP contribution is -2.15. The molecule has 2 nitrogen and oxygen atoms in total. The third-order valence-corrected chi connectivity index (χ3v) is 5.95. The first-order chi connectivity index (χ1) is 9.60. The van der Waals surface area contributed by atoms with Gasteiger partial charge >= 0.3 is 5.97 Å². The van der Waals surface area contributed by atoms with E-state index in [1.54, 1.807) is 0 Å². The summed E-state index contributed by atoms with van der Waals surface area (Å²) in [5, 5.41) is 0.783. The summed E-state index contributed by atoms with van der Waals surface area (Å²) in [6.45, 7) is 2.35. The van der Waals surface area contributed by atoms with Gasteiger partial charge in [-0.05, 0) is 36.5 Å².